The fourth-order valence-electron chi connectivity index (χ4n) is 5.57. The highest BCUT2D eigenvalue weighted by atomic mass is 19.1. The molecular weight excluding hydrogens is 603 g/mol. The molecule has 1 saturated carbocycles. The van der Waals surface area contributed by atoms with Crippen molar-refractivity contribution in [2.75, 3.05) is 27.2 Å². The summed E-state index contributed by atoms with van der Waals surface area (Å²) >= 11 is 0. The van der Waals surface area contributed by atoms with Crippen LogP contribution in [0.15, 0.2) is 109 Å². The lowest BCUT2D eigenvalue weighted by Gasteiger charge is -2.37. The highest BCUT2D eigenvalue weighted by Crippen LogP contribution is 2.32. The summed E-state index contributed by atoms with van der Waals surface area (Å²) in [7, 11) is 3.10. The van der Waals surface area contributed by atoms with Crippen LogP contribution >= 0.6 is 0 Å². The van der Waals surface area contributed by atoms with Gasteiger partial charge in [-0.1, -0.05) is 96.6 Å². The molecule has 5 rings (SSSR count). The minimum absolute atomic E-state index is 0.176. The lowest BCUT2D eigenvalue weighted by molar-refractivity contribution is -0.141. The first-order valence-corrected chi connectivity index (χ1v) is 16.5. The summed E-state index contributed by atoms with van der Waals surface area (Å²) in [4.78, 5) is 41.4. The normalized spacial score (nSPS) is 13.9. The molecule has 4 aromatic carbocycles. The summed E-state index contributed by atoms with van der Waals surface area (Å²) in [5.74, 6) is -1.35. The number of carbonyl (C=O) groups excluding carboxylic acids is 3. The van der Waals surface area contributed by atoms with Crippen molar-refractivity contribution in [3.05, 3.63) is 132 Å². The quantitative estimate of drug-likeness (QED) is 0.184. The first kappa shape index (κ1) is 36.0. The third-order valence-corrected chi connectivity index (χ3v) is 8.85. The van der Waals surface area contributed by atoms with E-state index in [1.54, 1.807) is 32.3 Å². The Morgan fingerprint density at radius 2 is 1.56 bits per heavy atom. The Morgan fingerprint density at radius 3 is 2.23 bits per heavy atom. The minimum atomic E-state index is -0.816. The standard InChI is InChI=1S/C29H37FN4O3.C11H10/c1-33(26(35)10-6-16-29(31)17-7-18-29)21-27(36)34(2)25(20-23-11-13-24(30)14-12-23)28(37)32-19-15-22-8-4-3-5-9-22;1-9-6-7-10-4-2-3-5-11(10)8-9/h3-6,8-14,25H,7,15-21,31H2,1-2H3,(H,32,37);2-8H,1H3/b10-6+;. The molecule has 48 heavy (non-hydrogen) atoms. The summed E-state index contributed by atoms with van der Waals surface area (Å²) in [6.45, 7) is 2.35. The van der Waals surface area contributed by atoms with E-state index in [1.165, 1.54) is 44.3 Å². The number of likely N-dealkylation sites (N-methyl/N-ethyl adjacent to an activating group) is 2. The fraction of sp³-hybridized carbons (Fsp3) is 0.325. The van der Waals surface area contributed by atoms with Crippen molar-refractivity contribution < 1.29 is 18.8 Å². The molecule has 1 fully saturated rings. The van der Waals surface area contributed by atoms with E-state index in [9.17, 15) is 18.8 Å². The average molecular weight is 651 g/mol. The number of rotatable bonds is 12. The predicted octanol–water partition coefficient (Wildman–Crippen LogP) is 5.99. The maximum atomic E-state index is 13.4. The van der Waals surface area contributed by atoms with E-state index in [2.05, 4.69) is 54.7 Å². The van der Waals surface area contributed by atoms with Crippen molar-refractivity contribution in [1.29, 1.82) is 0 Å². The number of amides is 3. The summed E-state index contributed by atoms with van der Waals surface area (Å²) in [6.07, 6.45) is 7.73. The van der Waals surface area contributed by atoms with Gasteiger partial charge in [-0.05, 0) is 79.1 Å². The zero-order valence-electron chi connectivity index (χ0n) is 28.2. The van der Waals surface area contributed by atoms with E-state index in [-0.39, 0.29) is 42.0 Å². The van der Waals surface area contributed by atoms with Crippen molar-refractivity contribution in [2.45, 2.75) is 57.0 Å². The molecule has 0 bridgehead atoms. The molecule has 4 aromatic rings. The molecule has 1 unspecified atom stereocenters. The van der Waals surface area contributed by atoms with Crippen LogP contribution in [0.1, 0.15) is 42.4 Å². The Labute approximate surface area is 283 Å². The number of hydrogen-bond acceptors (Lipinski definition) is 4. The van der Waals surface area contributed by atoms with Crippen LogP contribution in [0.5, 0.6) is 0 Å². The van der Waals surface area contributed by atoms with E-state index < -0.39 is 6.04 Å². The van der Waals surface area contributed by atoms with Crippen molar-refractivity contribution in [2.24, 2.45) is 5.73 Å². The number of hydrogen-bond donors (Lipinski definition) is 2. The van der Waals surface area contributed by atoms with Crippen LogP contribution in [0.4, 0.5) is 4.39 Å². The van der Waals surface area contributed by atoms with E-state index in [1.807, 2.05) is 30.3 Å². The summed E-state index contributed by atoms with van der Waals surface area (Å²) in [5.41, 5.74) is 9.11. The van der Waals surface area contributed by atoms with Gasteiger partial charge in [0.15, 0.2) is 0 Å². The molecule has 0 heterocycles. The molecule has 1 aliphatic carbocycles. The summed E-state index contributed by atoms with van der Waals surface area (Å²) < 4.78 is 13.4. The van der Waals surface area contributed by atoms with E-state index in [0.29, 0.717) is 19.4 Å². The van der Waals surface area contributed by atoms with E-state index in [0.717, 1.165) is 30.4 Å². The molecule has 1 atom stereocenters. The predicted molar refractivity (Wildman–Crippen MR) is 191 cm³/mol. The van der Waals surface area contributed by atoms with Gasteiger partial charge in [-0.15, -0.1) is 0 Å². The van der Waals surface area contributed by atoms with Gasteiger partial charge in [-0.2, -0.15) is 0 Å². The summed E-state index contributed by atoms with van der Waals surface area (Å²) in [6, 6.07) is 29.7. The third kappa shape index (κ3) is 10.9. The number of benzene rings is 4. The number of fused-ring (bicyclic) bond motifs is 1. The largest absolute Gasteiger partial charge is 0.354 e. The molecule has 7 nitrogen and oxygen atoms in total. The van der Waals surface area contributed by atoms with Gasteiger partial charge in [-0.25, -0.2) is 4.39 Å². The van der Waals surface area contributed by atoms with Crippen molar-refractivity contribution in [3.8, 4) is 0 Å². The van der Waals surface area contributed by atoms with Gasteiger partial charge in [0.2, 0.25) is 17.7 Å². The lowest BCUT2D eigenvalue weighted by atomic mass is 9.75. The van der Waals surface area contributed by atoms with Gasteiger partial charge in [0, 0.05) is 32.6 Å². The zero-order chi connectivity index (χ0) is 34.5. The first-order valence-electron chi connectivity index (χ1n) is 16.5. The van der Waals surface area contributed by atoms with Crippen molar-refractivity contribution in [1.82, 2.24) is 15.1 Å². The number of nitrogens with one attached hydrogen (secondary N) is 1. The molecule has 3 N–H and O–H groups in total. The van der Waals surface area contributed by atoms with Crippen LogP contribution in [0, 0.1) is 12.7 Å². The molecule has 0 aromatic heterocycles. The van der Waals surface area contributed by atoms with E-state index in [4.69, 9.17) is 5.73 Å². The Morgan fingerprint density at radius 1 is 0.896 bits per heavy atom. The number of nitrogens with two attached hydrogens (primary N) is 1. The highest BCUT2D eigenvalue weighted by Gasteiger charge is 2.31. The van der Waals surface area contributed by atoms with Gasteiger partial charge in [0.05, 0.1) is 6.54 Å². The molecule has 3 amide bonds. The van der Waals surface area contributed by atoms with Gasteiger partial charge < -0.3 is 20.9 Å². The van der Waals surface area contributed by atoms with Crippen LogP contribution in [-0.2, 0) is 27.2 Å². The number of aryl methyl sites for hydroxylation is 1. The summed E-state index contributed by atoms with van der Waals surface area (Å²) in [5, 5.41) is 5.56. The second-order valence-electron chi connectivity index (χ2n) is 12.7. The number of carbonyl (C=O) groups is 3. The Kier molecular flexibility index (Phi) is 13.0. The average Bonchev–Trinajstić information content (AvgIpc) is 3.07. The van der Waals surface area contributed by atoms with Crippen molar-refractivity contribution in [3.63, 3.8) is 0 Å². The maximum absolute atomic E-state index is 13.4. The molecule has 252 valence electrons. The van der Waals surface area contributed by atoms with Crippen LogP contribution in [0.3, 0.4) is 0 Å². The smallest absolute Gasteiger partial charge is 0.246 e. The molecule has 0 radical (unpaired) electrons. The molecule has 1 aliphatic rings. The highest BCUT2D eigenvalue weighted by molar-refractivity contribution is 5.93. The molecular formula is C40H47FN4O3. The van der Waals surface area contributed by atoms with Crippen LogP contribution in [0.2, 0.25) is 0 Å². The lowest BCUT2D eigenvalue weighted by Crippen LogP contribution is -2.51. The molecule has 8 heteroatoms. The number of halogens is 1. The van der Waals surface area contributed by atoms with Gasteiger partial charge in [0.25, 0.3) is 0 Å². The number of nitrogens with zero attached hydrogens (tertiary/aromatic N) is 2. The second kappa shape index (κ2) is 17.4. The SMILES string of the molecule is CN(CC(=O)N(C)C(Cc1ccc(F)cc1)C(=O)NCCc1ccccc1)C(=O)/C=C/CC1(N)CCC1.Cc1ccc2ccccc2c1. The van der Waals surface area contributed by atoms with Crippen LogP contribution in [0.25, 0.3) is 10.8 Å². The first-order chi connectivity index (χ1) is 23.0. The third-order valence-electron chi connectivity index (χ3n) is 8.85. The van der Waals surface area contributed by atoms with Crippen LogP contribution < -0.4 is 11.1 Å². The topological polar surface area (TPSA) is 95.7 Å². The molecule has 0 spiro atoms. The van der Waals surface area contributed by atoms with Gasteiger partial charge in [-0.3, -0.25) is 14.4 Å². The molecule has 0 saturated heterocycles. The fourth-order valence-corrected chi connectivity index (χ4v) is 5.57. The van der Waals surface area contributed by atoms with Crippen LogP contribution in [-0.4, -0.2) is 66.3 Å². The van der Waals surface area contributed by atoms with Gasteiger partial charge in [0.1, 0.15) is 11.9 Å². The molecule has 0 aliphatic heterocycles. The van der Waals surface area contributed by atoms with Gasteiger partial charge >= 0.3 is 0 Å². The zero-order valence-corrected chi connectivity index (χ0v) is 28.2. The van der Waals surface area contributed by atoms with E-state index >= 15 is 0 Å². The second-order valence-corrected chi connectivity index (χ2v) is 12.7. The minimum Gasteiger partial charge on any atom is -0.354 e. The Balaban J connectivity index is 0.000000395. The monoisotopic (exact) mass is 650 g/mol. The Bertz CT molecular complexity index is 1690. The maximum Gasteiger partial charge on any atom is 0.246 e. The Hall–Kier alpha value is -4.82. The van der Waals surface area contributed by atoms with Crippen molar-refractivity contribution >= 4 is 28.5 Å².